The number of carbonyl (C=O) groups is 1. The van der Waals surface area contributed by atoms with Crippen LogP contribution < -0.4 is 0 Å². The van der Waals surface area contributed by atoms with E-state index in [0.717, 1.165) is 44.4 Å². The molecule has 2 fully saturated rings. The van der Waals surface area contributed by atoms with E-state index in [1.807, 2.05) is 0 Å². The predicted octanol–water partition coefficient (Wildman–Crippen LogP) is 3.70. The molecular weight excluding hydrogens is 240 g/mol. The maximum atomic E-state index is 12.2. The Kier molecular flexibility index (Phi) is 5.68. The lowest BCUT2D eigenvalue weighted by Crippen LogP contribution is -2.31. The fourth-order valence-electron chi connectivity index (χ4n) is 3.45. The summed E-state index contributed by atoms with van der Waals surface area (Å²) in [4.78, 5) is 12.2. The van der Waals surface area contributed by atoms with E-state index < -0.39 is 0 Å². The Morgan fingerprint density at radius 2 is 1.53 bits per heavy atom. The minimum absolute atomic E-state index is 0.0652. The van der Waals surface area contributed by atoms with E-state index in [-0.39, 0.29) is 18.0 Å². The smallest absolute Gasteiger partial charge is 0.309 e. The molecule has 0 radical (unpaired) electrons. The number of hydrogen-bond donors (Lipinski definition) is 0. The van der Waals surface area contributed by atoms with E-state index in [9.17, 15) is 4.79 Å². The van der Waals surface area contributed by atoms with Crippen LogP contribution >= 0.6 is 0 Å². The summed E-state index contributed by atoms with van der Waals surface area (Å²) in [5.41, 5.74) is 0. The van der Waals surface area contributed by atoms with Crippen molar-refractivity contribution < 1.29 is 14.3 Å². The molecule has 3 nitrogen and oxygen atoms in total. The Morgan fingerprint density at radius 3 is 2.05 bits per heavy atom. The molecule has 110 valence electrons. The van der Waals surface area contributed by atoms with Gasteiger partial charge in [0.05, 0.1) is 12.0 Å². The lowest BCUT2D eigenvalue weighted by atomic mass is 9.81. The Labute approximate surface area is 117 Å². The lowest BCUT2D eigenvalue weighted by Gasteiger charge is -2.31. The predicted molar refractivity (Wildman–Crippen MR) is 74.9 cm³/mol. The van der Waals surface area contributed by atoms with E-state index in [1.54, 1.807) is 7.11 Å². The number of methoxy groups -OCH3 is 1. The average Bonchev–Trinajstić information content (AvgIpc) is 2.48. The van der Waals surface area contributed by atoms with Crippen LogP contribution in [0.2, 0.25) is 0 Å². The number of esters is 1. The van der Waals surface area contributed by atoms with Crippen molar-refractivity contribution >= 4 is 5.97 Å². The highest BCUT2D eigenvalue weighted by atomic mass is 16.5. The Morgan fingerprint density at radius 1 is 0.947 bits per heavy atom. The van der Waals surface area contributed by atoms with Crippen molar-refractivity contribution in [1.29, 1.82) is 0 Å². The zero-order chi connectivity index (χ0) is 13.7. The highest BCUT2D eigenvalue weighted by molar-refractivity contribution is 5.72. The third kappa shape index (κ3) is 4.20. The molecular formula is C16H28O3. The van der Waals surface area contributed by atoms with Crippen LogP contribution in [0.25, 0.3) is 0 Å². The van der Waals surface area contributed by atoms with Crippen LogP contribution in [0, 0.1) is 11.8 Å². The largest absolute Gasteiger partial charge is 0.462 e. The van der Waals surface area contributed by atoms with E-state index in [1.165, 1.54) is 19.3 Å². The molecule has 0 spiro atoms. The van der Waals surface area contributed by atoms with Crippen molar-refractivity contribution in [3.63, 3.8) is 0 Å². The van der Waals surface area contributed by atoms with Crippen LogP contribution in [0.5, 0.6) is 0 Å². The highest BCUT2D eigenvalue weighted by Gasteiger charge is 2.30. The second-order valence-electron chi connectivity index (χ2n) is 6.20. The molecule has 0 aliphatic heterocycles. The number of carbonyl (C=O) groups excluding carboxylic acids is 1. The normalized spacial score (nSPS) is 35.9. The van der Waals surface area contributed by atoms with Gasteiger partial charge in [-0.3, -0.25) is 4.79 Å². The van der Waals surface area contributed by atoms with Gasteiger partial charge in [0.15, 0.2) is 0 Å². The van der Waals surface area contributed by atoms with Gasteiger partial charge in [0, 0.05) is 7.11 Å². The SMILES string of the molecule is CCC1CCC(C(=O)OC2CCC(OC)CC2)CC1. The quantitative estimate of drug-likeness (QED) is 0.729. The number of hydrogen-bond acceptors (Lipinski definition) is 3. The second kappa shape index (κ2) is 7.28. The first-order chi connectivity index (χ1) is 9.22. The van der Waals surface area contributed by atoms with Gasteiger partial charge in [0.2, 0.25) is 0 Å². The third-order valence-electron chi connectivity index (χ3n) is 4.99. The lowest BCUT2D eigenvalue weighted by molar-refractivity contribution is -0.158. The molecule has 2 rings (SSSR count). The molecule has 0 bridgehead atoms. The Hall–Kier alpha value is -0.570. The van der Waals surface area contributed by atoms with Crippen molar-refractivity contribution in [1.82, 2.24) is 0 Å². The fourth-order valence-corrected chi connectivity index (χ4v) is 3.45. The summed E-state index contributed by atoms with van der Waals surface area (Å²) in [6.07, 6.45) is 10.2. The molecule has 0 amide bonds. The van der Waals surface area contributed by atoms with E-state index >= 15 is 0 Å². The topological polar surface area (TPSA) is 35.5 Å². The molecule has 3 heteroatoms. The van der Waals surface area contributed by atoms with E-state index in [0.29, 0.717) is 6.10 Å². The van der Waals surface area contributed by atoms with Gasteiger partial charge in [-0.1, -0.05) is 13.3 Å². The summed E-state index contributed by atoms with van der Waals surface area (Å²) in [6, 6.07) is 0. The second-order valence-corrected chi connectivity index (χ2v) is 6.20. The highest BCUT2D eigenvalue weighted by Crippen LogP contribution is 2.32. The van der Waals surface area contributed by atoms with Crippen molar-refractivity contribution in [2.75, 3.05) is 7.11 Å². The zero-order valence-electron chi connectivity index (χ0n) is 12.4. The van der Waals surface area contributed by atoms with Crippen molar-refractivity contribution in [2.45, 2.75) is 76.9 Å². The van der Waals surface area contributed by atoms with Crippen molar-refractivity contribution in [3.8, 4) is 0 Å². The van der Waals surface area contributed by atoms with Gasteiger partial charge < -0.3 is 9.47 Å². The average molecular weight is 268 g/mol. The van der Waals surface area contributed by atoms with Gasteiger partial charge in [-0.2, -0.15) is 0 Å². The standard InChI is InChI=1S/C16H28O3/c1-3-12-4-6-13(7-5-12)16(17)19-15-10-8-14(18-2)9-11-15/h12-15H,3-11H2,1-2H3. The van der Waals surface area contributed by atoms with Crippen LogP contribution in [-0.4, -0.2) is 25.3 Å². The molecule has 0 heterocycles. The first-order valence-electron chi connectivity index (χ1n) is 7.96. The molecule has 2 aliphatic rings. The van der Waals surface area contributed by atoms with Gasteiger partial charge in [-0.05, 0) is 57.3 Å². The molecule has 19 heavy (non-hydrogen) atoms. The summed E-state index contributed by atoms with van der Waals surface area (Å²) >= 11 is 0. The summed E-state index contributed by atoms with van der Waals surface area (Å²) in [5.74, 6) is 1.07. The maximum absolute atomic E-state index is 12.2. The fraction of sp³-hybridized carbons (Fsp3) is 0.938. The van der Waals surface area contributed by atoms with Gasteiger partial charge in [-0.25, -0.2) is 0 Å². The minimum Gasteiger partial charge on any atom is -0.462 e. The summed E-state index contributed by atoms with van der Waals surface area (Å²) in [5, 5.41) is 0. The molecule has 0 atom stereocenters. The molecule has 2 saturated carbocycles. The summed E-state index contributed by atoms with van der Waals surface area (Å²) < 4.78 is 11.0. The number of ether oxygens (including phenoxy) is 2. The third-order valence-corrected chi connectivity index (χ3v) is 4.99. The minimum atomic E-state index is 0.0652. The van der Waals surface area contributed by atoms with Crippen LogP contribution in [-0.2, 0) is 14.3 Å². The van der Waals surface area contributed by atoms with Crippen LogP contribution in [0.3, 0.4) is 0 Å². The van der Waals surface area contributed by atoms with Gasteiger partial charge >= 0.3 is 5.97 Å². The van der Waals surface area contributed by atoms with Gasteiger partial charge in [-0.15, -0.1) is 0 Å². The monoisotopic (exact) mass is 268 g/mol. The molecule has 0 N–H and O–H groups in total. The summed E-state index contributed by atoms with van der Waals surface area (Å²) in [7, 11) is 1.77. The van der Waals surface area contributed by atoms with Gasteiger partial charge in [0.25, 0.3) is 0 Å². The molecule has 0 aromatic rings. The van der Waals surface area contributed by atoms with Crippen molar-refractivity contribution in [2.24, 2.45) is 11.8 Å². The van der Waals surface area contributed by atoms with E-state index in [2.05, 4.69) is 6.92 Å². The van der Waals surface area contributed by atoms with Crippen LogP contribution in [0.15, 0.2) is 0 Å². The molecule has 2 aliphatic carbocycles. The molecule has 0 aromatic carbocycles. The molecule has 0 saturated heterocycles. The zero-order valence-corrected chi connectivity index (χ0v) is 12.4. The maximum Gasteiger partial charge on any atom is 0.309 e. The summed E-state index contributed by atoms with van der Waals surface area (Å²) in [6.45, 7) is 2.25. The molecule has 0 unspecified atom stereocenters. The number of rotatable bonds is 4. The van der Waals surface area contributed by atoms with Crippen LogP contribution in [0.4, 0.5) is 0 Å². The van der Waals surface area contributed by atoms with E-state index in [4.69, 9.17) is 9.47 Å². The first kappa shape index (κ1) is 14.8. The van der Waals surface area contributed by atoms with Crippen LogP contribution in [0.1, 0.15) is 64.7 Å². The Bertz CT molecular complexity index is 274. The Balaban J connectivity index is 1.70. The van der Waals surface area contributed by atoms with Gasteiger partial charge in [0.1, 0.15) is 6.10 Å². The molecule has 0 aromatic heterocycles. The van der Waals surface area contributed by atoms with Crippen molar-refractivity contribution in [3.05, 3.63) is 0 Å². The first-order valence-corrected chi connectivity index (χ1v) is 7.96.